The number of aromatic nitrogens is 2. The molecule has 0 spiro atoms. The van der Waals surface area contributed by atoms with Gasteiger partial charge in [-0.05, 0) is 30.5 Å². The Kier molecular flexibility index (Phi) is 5.74. The highest BCUT2D eigenvalue weighted by atomic mass is 19.4. The Hall–Kier alpha value is -2.72. The van der Waals surface area contributed by atoms with E-state index >= 15 is 0 Å². The van der Waals surface area contributed by atoms with Crippen LogP contribution in [0.15, 0.2) is 36.7 Å². The second-order valence-electron chi connectivity index (χ2n) is 8.99. The topological polar surface area (TPSA) is 78.8 Å². The summed E-state index contributed by atoms with van der Waals surface area (Å²) in [4.78, 5) is 25.4. The van der Waals surface area contributed by atoms with Gasteiger partial charge in [0.05, 0.1) is 23.7 Å². The van der Waals surface area contributed by atoms with Crippen LogP contribution in [0.4, 0.5) is 13.2 Å². The molecular formula is C23H25F3N4O3. The zero-order valence-corrected chi connectivity index (χ0v) is 17.9. The molecule has 1 aliphatic carbocycles. The number of carbonyl (C=O) groups is 1. The van der Waals surface area contributed by atoms with Crippen LogP contribution in [0.5, 0.6) is 5.88 Å². The second kappa shape index (κ2) is 8.57. The van der Waals surface area contributed by atoms with Gasteiger partial charge in [0.15, 0.2) is 6.10 Å². The van der Waals surface area contributed by atoms with Crippen LogP contribution in [-0.4, -0.2) is 69.1 Å². The van der Waals surface area contributed by atoms with E-state index in [-0.39, 0.29) is 17.7 Å². The van der Waals surface area contributed by atoms with Crippen LogP contribution in [-0.2, 0) is 11.0 Å². The number of rotatable bonds is 5. The van der Waals surface area contributed by atoms with Crippen molar-refractivity contribution in [2.75, 3.05) is 26.2 Å². The van der Waals surface area contributed by atoms with Gasteiger partial charge in [-0.2, -0.15) is 13.2 Å². The maximum absolute atomic E-state index is 13.0. The first-order valence-electron chi connectivity index (χ1n) is 11.1. The van der Waals surface area contributed by atoms with Crippen LogP contribution >= 0.6 is 0 Å². The minimum atomic E-state index is -4.54. The van der Waals surface area contributed by atoms with E-state index in [9.17, 15) is 23.1 Å². The van der Waals surface area contributed by atoms with Gasteiger partial charge in [0.2, 0.25) is 5.88 Å². The molecular weight excluding hydrogens is 437 g/mol. The van der Waals surface area contributed by atoms with Crippen molar-refractivity contribution < 1.29 is 27.8 Å². The van der Waals surface area contributed by atoms with E-state index in [0.717, 1.165) is 30.7 Å². The van der Waals surface area contributed by atoms with E-state index in [0.29, 0.717) is 44.4 Å². The van der Waals surface area contributed by atoms with E-state index in [4.69, 9.17) is 4.74 Å². The van der Waals surface area contributed by atoms with E-state index in [1.807, 2.05) is 0 Å². The van der Waals surface area contributed by atoms with Gasteiger partial charge in [-0.25, -0.2) is 4.98 Å². The lowest BCUT2D eigenvalue weighted by atomic mass is 10.0. The Morgan fingerprint density at radius 3 is 2.67 bits per heavy atom. The number of fused-ring (bicyclic) bond motifs is 1. The van der Waals surface area contributed by atoms with Crippen molar-refractivity contribution in [3.63, 3.8) is 0 Å². The molecule has 33 heavy (non-hydrogen) atoms. The van der Waals surface area contributed by atoms with Crippen LogP contribution in [0.3, 0.4) is 0 Å². The van der Waals surface area contributed by atoms with Crippen molar-refractivity contribution in [2.45, 2.75) is 49.6 Å². The summed E-state index contributed by atoms with van der Waals surface area (Å²) >= 11 is 0. The van der Waals surface area contributed by atoms with E-state index in [1.165, 1.54) is 17.0 Å². The number of hydrogen-bond donors (Lipinski definition) is 1. The average Bonchev–Trinajstić information content (AvgIpc) is 3.57. The fourth-order valence-electron chi connectivity index (χ4n) is 4.63. The molecule has 5 rings (SSSR count). The van der Waals surface area contributed by atoms with Gasteiger partial charge in [-0.1, -0.05) is 12.1 Å². The van der Waals surface area contributed by atoms with Crippen molar-refractivity contribution in [2.24, 2.45) is 0 Å². The molecule has 176 valence electrons. The number of aliphatic hydroxyl groups is 1. The molecule has 0 unspecified atom stereocenters. The van der Waals surface area contributed by atoms with Crippen LogP contribution in [0, 0.1) is 0 Å². The Bertz CT molecular complexity index is 1010. The van der Waals surface area contributed by atoms with Crippen LogP contribution in [0.2, 0.25) is 0 Å². The first-order valence-corrected chi connectivity index (χ1v) is 11.1. The summed E-state index contributed by atoms with van der Waals surface area (Å²) in [5.74, 6) is 0.429. The molecule has 0 radical (unpaired) electrons. The fraction of sp³-hybridized carbons (Fsp3) is 0.522. The zero-order chi connectivity index (χ0) is 23.2. The molecule has 3 atom stereocenters. The Labute approximate surface area is 189 Å². The molecule has 3 heterocycles. The van der Waals surface area contributed by atoms with E-state index < -0.39 is 23.8 Å². The minimum absolute atomic E-state index is 0.0557. The lowest BCUT2D eigenvalue weighted by molar-refractivity contribution is -0.143. The molecule has 2 aromatic rings. The maximum Gasteiger partial charge on any atom is 0.416 e. The third kappa shape index (κ3) is 4.81. The summed E-state index contributed by atoms with van der Waals surface area (Å²) in [6, 6.07) is 4.34. The highest BCUT2D eigenvalue weighted by Crippen LogP contribution is 2.38. The fourth-order valence-corrected chi connectivity index (χ4v) is 4.63. The number of nitrogens with zero attached hydrogens (tertiary/aromatic N) is 4. The third-order valence-corrected chi connectivity index (χ3v) is 6.58. The smallest absolute Gasteiger partial charge is 0.416 e. The molecule has 1 aromatic carbocycles. The van der Waals surface area contributed by atoms with Gasteiger partial charge in [0.1, 0.15) is 6.10 Å². The molecule has 1 N–H and O–H groups in total. The first kappa shape index (κ1) is 22.1. The second-order valence-corrected chi connectivity index (χ2v) is 8.99. The van der Waals surface area contributed by atoms with Gasteiger partial charge in [-0.3, -0.25) is 14.7 Å². The maximum atomic E-state index is 13.0. The number of alkyl halides is 3. The highest BCUT2D eigenvalue weighted by Gasteiger charge is 2.40. The number of aliphatic hydroxyl groups excluding tert-OH is 1. The molecule has 2 saturated heterocycles. The highest BCUT2D eigenvalue weighted by molar-refractivity contribution is 5.82. The third-order valence-electron chi connectivity index (χ3n) is 6.58. The summed E-state index contributed by atoms with van der Waals surface area (Å²) in [5, 5.41) is 10.5. The number of hydrogen-bond acceptors (Lipinski definition) is 6. The molecule has 1 saturated carbocycles. The normalized spacial score (nSPS) is 24.4. The quantitative estimate of drug-likeness (QED) is 0.736. The summed E-state index contributed by atoms with van der Waals surface area (Å²) in [5.41, 5.74) is 0.0542. The Morgan fingerprint density at radius 2 is 1.97 bits per heavy atom. The number of benzene rings is 1. The molecule has 2 aliphatic heterocycles. The van der Waals surface area contributed by atoms with Crippen LogP contribution in [0.25, 0.3) is 0 Å². The summed E-state index contributed by atoms with van der Waals surface area (Å²) < 4.78 is 45.0. The number of amides is 1. The molecule has 1 amide bonds. The Morgan fingerprint density at radius 1 is 1.15 bits per heavy atom. The number of ether oxygens (including phenoxy) is 1. The first-order chi connectivity index (χ1) is 15.8. The van der Waals surface area contributed by atoms with Crippen molar-refractivity contribution in [3.8, 4) is 5.88 Å². The molecule has 3 fully saturated rings. The van der Waals surface area contributed by atoms with Crippen molar-refractivity contribution in [3.05, 3.63) is 53.5 Å². The standard InChI is InChI=1S/C23H25F3N4O3/c24-23(25,26)16-3-1-2-15(8-16)21(31)22(32)30-7-6-29-13-18(9-17(29)12-30)33-20-11-27-19(10-28-20)14-4-5-14/h1-3,8,10-11,14,17-18,21,31H,4-7,9,12-13H2/t17-,18+,21-/m0/s1. The summed E-state index contributed by atoms with van der Waals surface area (Å²) in [6.45, 7) is 2.10. The number of carbonyl (C=O) groups excluding carboxylic acids is 1. The van der Waals surface area contributed by atoms with Crippen LogP contribution in [0.1, 0.15) is 48.1 Å². The molecule has 1 aromatic heterocycles. The predicted octanol–water partition coefficient (Wildman–Crippen LogP) is 2.77. The molecule has 10 heteroatoms. The Balaban J connectivity index is 1.18. The van der Waals surface area contributed by atoms with Crippen molar-refractivity contribution in [1.82, 2.24) is 19.8 Å². The largest absolute Gasteiger partial charge is 0.472 e. The molecule has 7 nitrogen and oxygen atoms in total. The van der Waals surface area contributed by atoms with E-state index in [1.54, 1.807) is 12.4 Å². The van der Waals surface area contributed by atoms with E-state index in [2.05, 4.69) is 14.9 Å². The summed E-state index contributed by atoms with van der Waals surface area (Å²) in [7, 11) is 0. The van der Waals surface area contributed by atoms with Crippen molar-refractivity contribution in [1.29, 1.82) is 0 Å². The molecule has 0 bridgehead atoms. The van der Waals surface area contributed by atoms with Crippen LogP contribution < -0.4 is 4.74 Å². The lowest BCUT2D eigenvalue weighted by Crippen LogP contribution is -2.53. The lowest BCUT2D eigenvalue weighted by Gasteiger charge is -2.38. The predicted molar refractivity (Wildman–Crippen MR) is 111 cm³/mol. The molecule has 3 aliphatic rings. The number of piperazine rings is 1. The minimum Gasteiger partial charge on any atom is -0.472 e. The van der Waals surface area contributed by atoms with Gasteiger partial charge in [0.25, 0.3) is 5.91 Å². The average molecular weight is 462 g/mol. The zero-order valence-electron chi connectivity index (χ0n) is 17.9. The van der Waals surface area contributed by atoms with Crippen molar-refractivity contribution >= 4 is 5.91 Å². The van der Waals surface area contributed by atoms with Gasteiger partial charge >= 0.3 is 6.18 Å². The summed E-state index contributed by atoms with van der Waals surface area (Å²) in [6.07, 6.45) is 0.183. The van der Waals surface area contributed by atoms with Gasteiger partial charge in [0, 0.05) is 44.6 Å². The monoisotopic (exact) mass is 462 g/mol. The number of halogens is 3. The van der Waals surface area contributed by atoms with Gasteiger partial charge in [-0.15, -0.1) is 0 Å². The SMILES string of the molecule is O=C([C@@H](O)c1cccc(C(F)(F)F)c1)N1CCN2C[C@H](Oc3cnc(C4CC4)cn3)C[C@H]2C1. The van der Waals surface area contributed by atoms with Gasteiger partial charge < -0.3 is 14.7 Å².